The summed E-state index contributed by atoms with van der Waals surface area (Å²) in [5.41, 5.74) is 3.30. The Morgan fingerprint density at radius 3 is 2.66 bits per heavy atom. The van der Waals surface area contributed by atoms with Crippen LogP contribution in [0.1, 0.15) is 18.9 Å². The van der Waals surface area contributed by atoms with Crippen LogP contribution in [0.5, 0.6) is 5.75 Å². The van der Waals surface area contributed by atoms with Crippen LogP contribution in [0.15, 0.2) is 65.5 Å². The molecule has 0 radical (unpaired) electrons. The molecule has 6 heteroatoms. The summed E-state index contributed by atoms with van der Waals surface area (Å²) >= 11 is 0. The minimum atomic E-state index is -0.293. The molecule has 4 rings (SSSR count). The molecule has 2 aromatic carbocycles. The Morgan fingerprint density at radius 1 is 1.07 bits per heavy atom. The van der Waals surface area contributed by atoms with E-state index in [1.165, 1.54) is 10.7 Å². The number of aryl methyl sites for hydroxylation is 1. The monoisotopic (exact) mass is 389 g/mol. The van der Waals surface area contributed by atoms with E-state index in [0.29, 0.717) is 18.8 Å². The molecular weight excluding hydrogens is 366 g/mol. The lowest BCUT2D eigenvalue weighted by atomic mass is 10.0. The van der Waals surface area contributed by atoms with Gasteiger partial charge in [-0.25, -0.2) is 4.68 Å². The molecule has 0 fully saturated rings. The Kier molecular flexibility index (Phi) is 5.42. The number of carbonyl (C=O) groups is 1. The summed E-state index contributed by atoms with van der Waals surface area (Å²) in [5.74, 6) is 0.652. The highest BCUT2D eigenvalue weighted by atomic mass is 16.5. The second kappa shape index (κ2) is 8.31. The van der Waals surface area contributed by atoms with Crippen molar-refractivity contribution in [3.8, 4) is 17.0 Å². The molecule has 3 aromatic rings. The van der Waals surface area contributed by atoms with E-state index in [4.69, 9.17) is 4.74 Å². The van der Waals surface area contributed by atoms with Crippen molar-refractivity contribution in [2.45, 2.75) is 26.3 Å². The summed E-state index contributed by atoms with van der Waals surface area (Å²) in [6.07, 6.45) is 1.88. The summed E-state index contributed by atoms with van der Waals surface area (Å²) < 4.78 is 6.70. The molecule has 0 atom stereocenters. The first-order chi connectivity index (χ1) is 14.2. The molecule has 148 valence electrons. The fraction of sp³-hybridized carbons (Fsp3) is 0.261. The number of ether oxygens (including phenoxy) is 1. The highest BCUT2D eigenvalue weighted by molar-refractivity contribution is 5.94. The smallest absolute Gasteiger partial charge is 0.267 e. The third-order valence-corrected chi connectivity index (χ3v) is 5.02. The van der Waals surface area contributed by atoms with Gasteiger partial charge in [-0.15, -0.1) is 0 Å². The van der Waals surface area contributed by atoms with Crippen molar-refractivity contribution in [3.63, 3.8) is 0 Å². The highest BCUT2D eigenvalue weighted by Gasteiger charge is 2.22. The predicted molar refractivity (Wildman–Crippen MR) is 112 cm³/mol. The second-order valence-electron chi connectivity index (χ2n) is 6.95. The third kappa shape index (κ3) is 4.06. The van der Waals surface area contributed by atoms with Gasteiger partial charge >= 0.3 is 0 Å². The highest BCUT2D eigenvalue weighted by Crippen LogP contribution is 2.27. The van der Waals surface area contributed by atoms with E-state index in [1.807, 2.05) is 55.5 Å². The molecule has 1 amide bonds. The van der Waals surface area contributed by atoms with E-state index in [9.17, 15) is 9.59 Å². The average Bonchev–Trinajstić information content (AvgIpc) is 2.75. The maximum Gasteiger partial charge on any atom is 0.267 e. The number of benzene rings is 2. The van der Waals surface area contributed by atoms with Crippen molar-refractivity contribution in [3.05, 3.63) is 76.6 Å². The lowest BCUT2D eigenvalue weighted by molar-refractivity contribution is -0.119. The fourth-order valence-corrected chi connectivity index (χ4v) is 3.61. The van der Waals surface area contributed by atoms with Gasteiger partial charge in [0.2, 0.25) is 5.91 Å². The first-order valence-electron chi connectivity index (χ1n) is 9.85. The number of aromatic nitrogens is 2. The molecule has 1 aliphatic heterocycles. The van der Waals surface area contributed by atoms with E-state index >= 15 is 0 Å². The molecule has 2 heterocycles. The quantitative estimate of drug-likeness (QED) is 0.672. The molecule has 0 saturated heterocycles. The van der Waals surface area contributed by atoms with Crippen molar-refractivity contribution < 1.29 is 9.53 Å². The molecule has 1 aliphatic rings. The minimum absolute atomic E-state index is 0.0853. The topological polar surface area (TPSA) is 64.4 Å². The first-order valence-corrected chi connectivity index (χ1v) is 9.85. The van der Waals surface area contributed by atoms with Gasteiger partial charge in [-0.05, 0) is 61.7 Å². The van der Waals surface area contributed by atoms with E-state index in [1.54, 1.807) is 11.0 Å². The molecule has 0 bridgehead atoms. The first kappa shape index (κ1) is 18.9. The number of para-hydroxylation sites is 1. The van der Waals surface area contributed by atoms with Crippen LogP contribution in [0, 0.1) is 0 Å². The minimum Gasteiger partial charge on any atom is -0.494 e. The molecule has 0 unspecified atom stereocenters. The SMILES string of the molecule is CCOc1ccc(-c2ccc(=O)n(CC(=O)N3CCCc4ccccc43)n2)cc1. The predicted octanol–water partition coefficient (Wildman–Crippen LogP) is 3.29. The Morgan fingerprint density at radius 2 is 1.86 bits per heavy atom. The van der Waals surface area contributed by atoms with Crippen LogP contribution in [-0.2, 0) is 17.8 Å². The maximum absolute atomic E-state index is 13.0. The zero-order valence-corrected chi connectivity index (χ0v) is 16.4. The number of fused-ring (bicyclic) bond motifs is 1. The summed E-state index contributed by atoms with van der Waals surface area (Å²) in [6.45, 7) is 3.11. The lowest BCUT2D eigenvalue weighted by Gasteiger charge is -2.29. The van der Waals surface area contributed by atoms with Gasteiger partial charge in [0.1, 0.15) is 12.3 Å². The molecular formula is C23H23N3O3. The number of nitrogens with zero attached hydrogens (tertiary/aromatic N) is 3. The molecule has 1 aromatic heterocycles. The van der Waals surface area contributed by atoms with Gasteiger partial charge < -0.3 is 9.64 Å². The van der Waals surface area contributed by atoms with Crippen LogP contribution in [0.3, 0.4) is 0 Å². The number of rotatable bonds is 5. The molecule has 6 nitrogen and oxygen atoms in total. The average molecular weight is 389 g/mol. The van der Waals surface area contributed by atoms with Gasteiger partial charge in [0, 0.05) is 23.9 Å². The van der Waals surface area contributed by atoms with Crippen LogP contribution in [0.4, 0.5) is 5.69 Å². The second-order valence-corrected chi connectivity index (χ2v) is 6.95. The van der Waals surface area contributed by atoms with Crippen LogP contribution < -0.4 is 15.2 Å². The standard InChI is InChI=1S/C23H23N3O3/c1-2-29-19-11-9-17(10-12-19)20-13-14-22(27)26(24-20)16-23(28)25-15-5-7-18-6-3-4-8-21(18)25/h3-4,6,8-14H,2,5,7,15-16H2,1H3. The zero-order valence-electron chi connectivity index (χ0n) is 16.4. The van der Waals surface area contributed by atoms with Crippen LogP contribution in [0.25, 0.3) is 11.3 Å². The van der Waals surface area contributed by atoms with E-state index < -0.39 is 0 Å². The molecule has 0 aliphatic carbocycles. The Bertz CT molecular complexity index is 1070. The fourth-order valence-electron chi connectivity index (χ4n) is 3.61. The summed E-state index contributed by atoms with van der Waals surface area (Å²) in [7, 11) is 0. The van der Waals surface area contributed by atoms with Gasteiger partial charge in [0.05, 0.1) is 12.3 Å². The van der Waals surface area contributed by atoms with Gasteiger partial charge in [-0.1, -0.05) is 18.2 Å². The molecule has 0 N–H and O–H groups in total. The van der Waals surface area contributed by atoms with Gasteiger partial charge in [-0.3, -0.25) is 9.59 Å². The van der Waals surface area contributed by atoms with E-state index in [0.717, 1.165) is 35.4 Å². The maximum atomic E-state index is 13.0. The van der Waals surface area contributed by atoms with Crippen molar-refractivity contribution >= 4 is 11.6 Å². The van der Waals surface area contributed by atoms with Crippen molar-refractivity contribution in [2.24, 2.45) is 0 Å². The van der Waals surface area contributed by atoms with E-state index in [2.05, 4.69) is 5.10 Å². The molecule has 0 saturated carbocycles. The van der Waals surface area contributed by atoms with Gasteiger partial charge in [0.25, 0.3) is 5.56 Å². The Balaban J connectivity index is 1.57. The largest absolute Gasteiger partial charge is 0.494 e. The summed E-state index contributed by atoms with van der Waals surface area (Å²) in [4.78, 5) is 27.0. The van der Waals surface area contributed by atoms with Crippen molar-refractivity contribution in [1.82, 2.24) is 9.78 Å². The summed E-state index contributed by atoms with van der Waals surface area (Å²) in [6, 6.07) is 18.6. The Labute approximate surface area is 169 Å². The molecule has 29 heavy (non-hydrogen) atoms. The van der Waals surface area contributed by atoms with Gasteiger partial charge in [-0.2, -0.15) is 5.10 Å². The van der Waals surface area contributed by atoms with Crippen LogP contribution in [0.2, 0.25) is 0 Å². The number of anilines is 1. The Hall–Kier alpha value is -3.41. The summed E-state index contributed by atoms with van der Waals surface area (Å²) in [5, 5.41) is 4.42. The third-order valence-electron chi connectivity index (χ3n) is 5.02. The lowest BCUT2D eigenvalue weighted by Crippen LogP contribution is -2.40. The number of carbonyl (C=O) groups excluding carboxylic acids is 1. The normalized spacial score (nSPS) is 13.1. The van der Waals surface area contributed by atoms with Crippen molar-refractivity contribution in [2.75, 3.05) is 18.1 Å². The van der Waals surface area contributed by atoms with Gasteiger partial charge in [0.15, 0.2) is 0 Å². The number of amides is 1. The zero-order chi connectivity index (χ0) is 20.2. The van der Waals surface area contributed by atoms with Crippen LogP contribution >= 0.6 is 0 Å². The molecule has 0 spiro atoms. The van der Waals surface area contributed by atoms with Crippen molar-refractivity contribution in [1.29, 1.82) is 0 Å². The van der Waals surface area contributed by atoms with Crippen LogP contribution in [-0.4, -0.2) is 28.8 Å². The van der Waals surface area contributed by atoms with E-state index in [-0.39, 0.29) is 18.0 Å². The number of hydrogen-bond donors (Lipinski definition) is 0. The number of hydrogen-bond acceptors (Lipinski definition) is 4.